The number of aromatic nitrogens is 6. The van der Waals surface area contributed by atoms with Gasteiger partial charge in [-0.25, -0.2) is 4.68 Å². The van der Waals surface area contributed by atoms with Gasteiger partial charge in [-0.2, -0.15) is 13.9 Å². The number of tetrazole rings is 1. The lowest BCUT2D eigenvalue weighted by atomic mass is 10.1. The first-order valence-corrected chi connectivity index (χ1v) is 7.20. The van der Waals surface area contributed by atoms with Crippen molar-refractivity contribution in [1.29, 1.82) is 0 Å². The quantitative estimate of drug-likeness (QED) is 0.697. The molecule has 0 radical (unpaired) electrons. The van der Waals surface area contributed by atoms with E-state index in [1.807, 2.05) is 13.2 Å². The van der Waals surface area contributed by atoms with Crippen molar-refractivity contribution in [3.8, 4) is 0 Å². The van der Waals surface area contributed by atoms with Crippen molar-refractivity contribution in [2.24, 2.45) is 7.05 Å². The SMILES string of the molecule is Cn1cc(CCc2nnnn2CC(F)(F)c2ccccc2)cn1. The number of aryl methyl sites for hydroxylation is 3. The van der Waals surface area contributed by atoms with E-state index in [0.29, 0.717) is 18.7 Å². The molecule has 0 aliphatic rings. The average Bonchev–Trinajstić information content (AvgIpc) is 3.14. The normalized spacial score (nSPS) is 11.8. The number of hydrogen-bond acceptors (Lipinski definition) is 4. The Kier molecular flexibility index (Phi) is 4.14. The Morgan fingerprint density at radius 1 is 1.13 bits per heavy atom. The van der Waals surface area contributed by atoms with Crippen molar-refractivity contribution in [3.63, 3.8) is 0 Å². The van der Waals surface area contributed by atoms with Gasteiger partial charge in [-0.3, -0.25) is 4.68 Å². The number of alkyl halides is 2. The molecule has 0 N–H and O–H groups in total. The predicted octanol–water partition coefficient (Wildman–Crippen LogP) is 1.98. The first-order chi connectivity index (χ1) is 11.0. The molecule has 1 aromatic carbocycles. The van der Waals surface area contributed by atoms with Gasteiger partial charge in [-0.1, -0.05) is 30.3 Å². The standard InChI is InChI=1S/C15H16F2N6/c1-22-10-12(9-18-22)7-8-14-19-20-21-23(14)11-15(16,17)13-5-3-2-4-6-13/h2-6,9-10H,7-8,11H2,1H3. The van der Waals surface area contributed by atoms with Crippen molar-refractivity contribution < 1.29 is 8.78 Å². The van der Waals surface area contributed by atoms with Crippen LogP contribution in [0.5, 0.6) is 0 Å². The minimum atomic E-state index is -3.03. The molecule has 8 heteroatoms. The topological polar surface area (TPSA) is 61.4 Å². The summed E-state index contributed by atoms with van der Waals surface area (Å²) in [6.45, 7) is -0.577. The van der Waals surface area contributed by atoms with Gasteiger partial charge in [0.05, 0.1) is 6.20 Å². The molecule has 3 aromatic rings. The van der Waals surface area contributed by atoms with Gasteiger partial charge in [0.1, 0.15) is 6.54 Å². The molecule has 0 aliphatic heterocycles. The summed E-state index contributed by atoms with van der Waals surface area (Å²) < 4.78 is 31.5. The zero-order chi connectivity index (χ0) is 16.3. The Morgan fingerprint density at radius 3 is 2.61 bits per heavy atom. The Labute approximate surface area is 131 Å². The van der Waals surface area contributed by atoms with Crippen molar-refractivity contribution in [1.82, 2.24) is 30.0 Å². The third-order valence-corrected chi connectivity index (χ3v) is 3.55. The molecule has 3 rings (SSSR count). The van der Waals surface area contributed by atoms with E-state index in [4.69, 9.17) is 0 Å². The van der Waals surface area contributed by atoms with Crippen LogP contribution in [0.1, 0.15) is 17.0 Å². The monoisotopic (exact) mass is 318 g/mol. The summed E-state index contributed by atoms with van der Waals surface area (Å²) in [5.41, 5.74) is 0.963. The van der Waals surface area contributed by atoms with Gasteiger partial charge in [0, 0.05) is 25.2 Å². The van der Waals surface area contributed by atoms with Crippen LogP contribution >= 0.6 is 0 Å². The van der Waals surface area contributed by atoms with Crippen LogP contribution in [0.3, 0.4) is 0 Å². The van der Waals surface area contributed by atoms with E-state index in [2.05, 4.69) is 20.6 Å². The van der Waals surface area contributed by atoms with Gasteiger partial charge in [0.25, 0.3) is 5.92 Å². The first kappa shape index (κ1) is 15.3. The molecule has 0 aliphatic carbocycles. The zero-order valence-corrected chi connectivity index (χ0v) is 12.6. The van der Waals surface area contributed by atoms with E-state index in [1.54, 1.807) is 29.1 Å². The Hall–Kier alpha value is -2.64. The maximum absolute atomic E-state index is 14.3. The van der Waals surface area contributed by atoms with Gasteiger partial charge >= 0.3 is 0 Å². The number of hydrogen-bond donors (Lipinski definition) is 0. The van der Waals surface area contributed by atoms with Gasteiger partial charge in [0.15, 0.2) is 5.82 Å². The van der Waals surface area contributed by atoms with Gasteiger partial charge in [-0.05, 0) is 22.4 Å². The fourth-order valence-electron chi connectivity index (χ4n) is 2.34. The summed E-state index contributed by atoms with van der Waals surface area (Å²) in [6, 6.07) is 7.69. The number of benzene rings is 1. The Morgan fingerprint density at radius 2 is 1.91 bits per heavy atom. The molecule has 0 spiro atoms. The van der Waals surface area contributed by atoms with E-state index in [0.717, 1.165) is 5.56 Å². The molecule has 6 nitrogen and oxygen atoms in total. The molecule has 0 saturated heterocycles. The van der Waals surface area contributed by atoms with Gasteiger partial charge in [0.2, 0.25) is 0 Å². The van der Waals surface area contributed by atoms with E-state index in [-0.39, 0.29) is 5.56 Å². The molecule has 120 valence electrons. The van der Waals surface area contributed by atoms with Crippen LogP contribution in [0, 0.1) is 0 Å². The highest BCUT2D eigenvalue weighted by Crippen LogP contribution is 2.29. The van der Waals surface area contributed by atoms with E-state index in [1.165, 1.54) is 16.8 Å². The number of halogens is 2. The molecule has 0 bridgehead atoms. The largest absolute Gasteiger partial charge is 0.292 e. The van der Waals surface area contributed by atoms with Crippen LogP contribution < -0.4 is 0 Å². The molecule has 2 aromatic heterocycles. The molecule has 0 amide bonds. The zero-order valence-electron chi connectivity index (χ0n) is 12.6. The van der Waals surface area contributed by atoms with Gasteiger partial charge < -0.3 is 0 Å². The molecule has 0 unspecified atom stereocenters. The van der Waals surface area contributed by atoms with E-state index >= 15 is 0 Å². The van der Waals surface area contributed by atoms with Crippen molar-refractivity contribution >= 4 is 0 Å². The minimum Gasteiger partial charge on any atom is -0.276 e. The third kappa shape index (κ3) is 3.58. The average molecular weight is 318 g/mol. The lowest BCUT2D eigenvalue weighted by Crippen LogP contribution is -2.23. The minimum absolute atomic E-state index is 0.0475. The molecule has 0 saturated carbocycles. The van der Waals surface area contributed by atoms with Crippen molar-refractivity contribution in [3.05, 3.63) is 59.7 Å². The molecule has 2 heterocycles. The van der Waals surface area contributed by atoms with Crippen LogP contribution in [-0.2, 0) is 32.4 Å². The Balaban J connectivity index is 1.71. The van der Waals surface area contributed by atoms with Crippen LogP contribution in [0.2, 0.25) is 0 Å². The summed E-state index contributed by atoms with van der Waals surface area (Å²) in [4.78, 5) is 0. The highest BCUT2D eigenvalue weighted by atomic mass is 19.3. The number of rotatable bonds is 6. The maximum Gasteiger partial charge on any atom is 0.292 e. The summed E-state index contributed by atoms with van der Waals surface area (Å²) >= 11 is 0. The fourth-order valence-corrected chi connectivity index (χ4v) is 2.34. The van der Waals surface area contributed by atoms with Crippen LogP contribution in [0.15, 0.2) is 42.7 Å². The van der Waals surface area contributed by atoms with Gasteiger partial charge in [-0.15, -0.1) is 5.10 Å². The lowest BCUT2D eigenvalue weighted by Gasteiger charge is -2.17. The van der Waals surface area contributed by atoms with Crippen LogP contribution in [0.4, 0.5) is 8.78 Å². The predicted molar refractivity (Wildman–Crippen MR) is 78.8 cm³/mol. The smallest absolute Gasteiger partial charge is 0.276 e. The van der Waals surface area contributed by atoms with Crippen molar-refractivity contribution in [2.45, 2.75) is 25.3 Å². The summed E-state index contributed by atoms with van der Waals surface area (Å²) in [7, 11) is 1.83. The second-order valence-electron chi connectivity index (χ2n) is 5.35. The fraction of sp³-hybridized carbons (Fsp3) is 0.333. The molecule has 0 atom stereocenters. The molecule has 23 heavy (non-hydrogen) atoms. The summed E-state index contributed by atoms with van der Waals surface area (Å²) in [5, 5.41) is 15.2. The summed E-state index contributed by atoms with van der Waals surface area (Å²) in [5.74, 6) is -2.59. The highest BCUT2D eigenvalue weighted by Gasteiger charge is 2.33. The molecular formula is C15H16F2N6. The molecule has 0 fully saturated rings. The van der Waals surface area contributed by atoms with E-state index in [9.17, 15) is 8.78 Å². The summed E-state index contributed by atoms with van der Waals surface area (Å²) in [6.07, 6.45) is 4.74. The Bertz CT molecular complexity index is 765. The van der Waals surface area contributed by atoms with Crippen LogP contribution in [-0.4, -0.2) is 30.0 Å². The first-order valence-electron chi connectivity index (χ1n) is 7.20. The third-order valence-electron chi connectivity index (χ3n) is 3.55. The second-order valence-corrected chi connectivity index (χ2v) is 5.35. The van der Waals surface area contributed by atoms with Crippen molar-refractivity contribution in [2.75, 3.05) is 0 Å². The number of nitrogens with zero attached hydrogens (tertiary/aromatic N) is 6. The second kappa shape index (κ2) is 6.23. The van der Waals surface area contributed by atoms with Crippen LogP contribution in [0.25, 0.3) is 0 Å². The molecular weight excluding hydrogens is 302 g/mol. The highest BCUT2D eigenvalue weighted by molar-refractivity contribution is 5.19. The van der Waals surface area contributed by atoms with E-state index < -0.39 is 12.5 Å². The lowest BCUT2D eigenvalue weighted by molar-refractivity contribution is -0.0266. The maximum atomic E-state index is 14.3.